The van der Waals surface area contributed by atoms with Crippen molar-refractivity contribution in [3.05, 3.63) is 42.7 Å². The summed E-state index contributed by atoms with van der Waals surface area (Å²) in [7, 11) is 0. The summed E-state index contributed by atoms with van der Waals surface area (Å²) in [4.78, 5) is 8.28. The van der Waals surface area contributed by atoms with Crippen molar-refractivity contribution in [2.24, 2.45) is 0 Å². The Labute approximate surface area is 91.2 Å². The van der Waals surface area contributed by atoms with Crippen LogP contribution < -0.4 is 0 Å². The first-order valence-corrected chi connectivity index (χ1v) is 4.83. The maximum atomic E-state index is 9.32. The average Bonchev–Trinajstić information content (AvgIpc) is 2.73. The van der Waals surface area contributed by atoms with Crippen LogP contribution in [0.2, 0.25) is 0 Å². The van der Waals surface area contributed by atoms with E-state index in [9.17, 15) is 5.11 Å². The Bertz CT molecular complexity index is 632. The van der Waals surface area contributed by atoms with Crippen LogP contribution in [0.5, 0.6) is 5.75 Å². The predicted octanol–water partition coefficient (Wildman–Crippen LogP) is 2.60. The van der Waals surface area contributed by atoms with E-state index in [-0.39, 0.29) is 5.75 Å². The third-order valence-electron chi connectivity index (χ3n) is 2.28. The fraction of sp³-hybridized carbons (Fsp3) is 0. The number of phenols is 1. The van der Waals surface area contributed by atoms with Crippen molar-refractivity contribution in [2.45, 2.75) is 0 Å². The molecule has 0 spiro atoms. The topological polar surface area (TPSA) is 59.2 Å². The molecule has 3 rings (SSSR count). The lowest BCUT2D eigenvalue weighted by atomic mass is 10.3. The number of fused-ring (bicyclic) bond motifs is 1. The highest BCUT2D eigenvalue weighted by molar-refractivity contribution is 5.77. The van der Waals surface area contributed by atoms with Gasteiger partial charge in [0.1, 0.15) is 11.3 Å². The third kappa shape index (κ3) is 1.40. The molecule has 0 fully saturated rings. The number of aromatic nitrogens is 2. The maximum absolute atomic E-state index is 9.32. The summed E-state index contributed by atoms with van der Waals surface area (Å²) in [5.41, 5.74) is 2.11. The SMILES string of the molecule is Oc1ccc2oc(-c3cccnc3)nc2c1. The van der Waals surface area contributed by atoms with Gasteiger partial charge in [0.15, 0.2) is 5.58 Å². The number of nitrogens with zero attached hydrogens (tertiary/aromatic N) is 2. The molecule has 0 bridgehead atoms. The number of hydrogen-bond donors (Lipinski definition) is 1. The van der Waals surface area contributed by atoms with Gasteiger partial charge in [-0.1, -0.05) is 0 Å². The van der Waals surface area contributed by atoms with Gasteiger partial charge in [-0.15, -0.1) is 0 Å². The summed E-state index contributed by atoms with van der Waals surface area (Å²) in [6.07, 6.45) is 3.38. The van der Waals surface area contributed by atoms with Crippen LogP contribution in [0, 0.1) is 0 Å². The number of hydrogen-bond acceptors (Lipinski definition) is 4. The highest BCUT2D eigenvalue weighted by Gasteiger charge is 2.08. The number of benzene rings is 1. The van der Waals surface area contributed by atoms with Crippen LogP contribution >= 0.6 is 0 Å². The Hall–Kier alpha value is -2.36. The zero-order valence-corrected chi connectivity index (χ0v) is 8.29. The van der Waals surface area contributed by atoms with Gasteiger partial charge < -0.3 is 9.52 Å². The smallest absolute Gasteiger partial charge is 0.228 e. The summed E-state index contributed by atoms with van der Waals surface area (Å²) < 4.78 is 5.55. The van der Waals surface area contributed by atoms with Gasteiger partial charge in [0.2, 0.25) is 5.89 Å². The minimum atomic E-state index is 0.179. The summed E-state index contributed by atoms with van der Waals surface area (Å²) >= 11 is 0. The van der Waals surface area contributed by atoms with Crippen molar-refractivity contribution in [1.29, 1.82) is 0 Å². The van der Waals surface area contributed by atoms with Crippen LogP contribution in [-0.2, 0) is 0 Å². The van der Waals surface area contributed by atoms with Crippen LogP contribution in [0.25, 0.3) is 22.6 Å². The summed E-state index contributed by atoms with van der Waals surface area (Å²) in [6.45, 7) is 0. The van der Waals surface area contributed by atoms with Gasteiger partial charge in [0, 0.05) is 18.5 Å². The Morgan fingerprint density at radius 3 is 2.94 bits per heavy atom. The van der Waals surface area contributed by atoms with Gasteiger partial charge in [-0.2, -0.15) is 0 Å². The van der Waals surface area contributed by atoms with E-state index in [2.05, 4.69) is 9.97 Å². The molecule has 0 radical (unpaired) electrons. The molecule has 4 heteroatoms. The zero-order valence-electron chi connectivity index (χ0n) is 8.29. The fourth-order valence-corrected chi connectivity index (χ4v) is 1.53. The number of pyridine rings is 1. The fourth-order valence-electron chi connectivity index (χ4n) is 1.53. The second kappa shape index (κ2) is 3.34. The molecule has 78 valence electrons. The van der Waals surface area contributed by atoms with E-state index in [1.165, 1.54) is 0 Å². The molecule has 1 N–H and O–H groups in total. The Morgan fingerprint density at radius 1 is 1.19 bits per heavy atom. The van der Waals surface area contributed by atoms with Crippen molar-refractivity contribution >= 4 is 11.1 Å². The molecule has 0 saturated heterocycles. The number of aromatic hydroxyl groups is 1. The first-order chi connectivity index (χ1) is 7.83. The molecule has 0 aliphatic heterocycles. The maximum Gasteiger partial charge on any atom is 0.228 e. The zero-order chi connectivity index (χ0) is 11.0. The highest BCUT2D eigenvalue weighted by atomic mass is 16.3. The van der Waals surface area contributed by atoms with E-state index in [1.807, 2.05) is 12.1 Å². The normalized spacial score (nSPS) is 10.8. The van der Waals surface area contributed by atoms with Gasteiger partial charge in [-0.05, 0) is 24.3 Å². The van der Waals surface area contributed by atoms with Crippen molar-refractivity contribution in [3.8, 4) is 17.2 Å². The molecule has 0 atom stereocenters. The quantitative estimate of drug-likeness (QED) is 0.673. The molecular formula is C12H8N2O2. The summed E-state index contributed by atoms with van der Waals surface area (Å²) in [6, 6.07) is 8.52. The lowest BCUT2D eigenvalue weighted by Crippen LogP contribution is -1.77. The molecule has 2 heterocycles. The molecular weight excluding hydrogens is 204 g/mol. The molecule has 3 aromatic rings. The van der Waals surface area contributed by atoms with E-state index < -0.39 is 0 Å². The van der Waals surface area contributed by atoms with Gasteiger partial charge in [-0.3, -0.25) is 4.98 Å². The number of phenolic OH excluding ortho intramolecular Hbond substituents is 1. The van der Waals surface area contributed by atoms with Crippen LogP contribution in [0.3, 0.4) is 0 Å². The number of oxazole rings is 1. The lowest BCUT2D eigenvalue weighted by Gasteiger charge is -1.90. The van der Waals surface area contributed by atoms with Crippen molar-refractivity contribution in [2.75, 3.05) is 0 Å². The van der Waals surface area contributed by atoms with E-state index in [0.717, 1.165) is 5.56 Å². The van der Waals surface area contributed by atoms with E-state index >= 15 is 0 Å². The summed E-state index contributed by atoms with van der Waals surface area (Å²) in [5, 5.41) is 9.32. The molecule has 4 nitrogen and oxygen atoms in total. The van der Waals surface area contributed by atoms with Gasteiger partial charge in [-0.25, -0.2) is 4.98 Å². The van der Waals surface area contributed by atoms with Gasteiger partial charge >= 0.3 is 0 Å². The molecule has 0 amide bonds. The third-order valence-corrected chi connectivity index (χ3v) is 2.28. The van der Waals surface area contributed by atoms with Crippen molar-refractivity contribution in [3.63, 3.8) is 0 Å². The molecule has 2 aromatic heterocycles. The summed E-state index contributed by atoms with van der Waals surface area (Å²) in [5.74, 6) is 0.687. The monoisotopic (exact) mass is 212 g/mol. The standard InChI is InChI=1S/C12H8N2O2/c15-9-3-4-11-10(6-9)14-12(16-11)8-2-1-5-13-7-8/h1-7,15H. The van der Waals surface area contributed by atoms with E-state index in [1.54, 1.807) is 30.6 Å². The molecule has 1 aromatic carbocycles. The Kier molecular flexibility index (Phi) is 1.86. The minimum absolute atomic E-state index is 0.179. The second-order valence-electron chi connectivity index (χ2n) is 3.41. The Morgan fingerprint density at radius 2 is 2.12 bits per heavy atom. The first-order valence-electron chi connectivity index (χ1n) is 4.83. The van der Waals surface area contributed by atoms with E-state index in [4.69, 9.17) is 4.42 Å². The molecule has 0 aliphatic rings. The molecule has 16 heavy (non-hydrogen) atoms. The van der Waals surface area contributed by atoms with Crippen LogP contribution in [0.4, 0.5) is 0 Å². The minimum Gasteiger partial charge on any atom is -0.508 e. The van der Waals surface area contributed by atoms with Crippen molar-refractivity contribution in [1.82, 2.24) is 9.97 Å². The molecule has 0 saturated carbocycles. The Balaban J connectivity index is 2.19. The predicted molar refractivity (Wildman–Crippen MR) is 58.9 cm³/mol. The first kappa shape index (κ1) is 8.91. The largest absolute Gasteiger partial charge is 0.508 e. The number of rotatable bonds is 1. The molecule has 0 aliphatic carbocycles. The van der Waals surface area contributed by atoms with Crippen molar-refractivity contribution < 1.29 is 9.52 Å². The highest BCUT2D eigenvalue weighted by Crippen LogP contribution is 2.25. The average molecular weight is 212 g/mol. The van der Waals surface area contributed by atoms with Gasteiger partial charge in [0.25, 0.3) is 0 Å². The van der Waals surface area contributed by atoms with E-state index in [0.29, 0.717) is 17.0 Å². The second-order valence-corrected chi connectivity index (χ2v) is 3.41. The van der Waals surface area contributed by atoms with Crippen LogP contribution in [-0.4, -0.2) is 15.1 Å². The molecule has 0 unspecified atom stereocenters. The van der Waals surface area contributed by atoms with Gasteiger partial charge in [0.05, 0.1) is 5.56 Å². The van der Waals surface area contributed by atoms with Crippen LogP contribution in [0.15, 0.2) is 47.1 Å². The van der Waals surface area contributed by atoms with Crippen LogP contribution in [0.1, 0.15) is 0 Å². The lowest BCUT2D eigenvalue weighted by molar-refractivity contribution is 0.476.